The van der Waals surface area contributed by atoms with Crippen molar-refractivity contribution in [2.45, 2.75) is 39.7 Å². The minimum Gasteiger partial charge on any atom is -0.317 e. The number of nitrogens with zero attached hydrogens (tertiary/aromatic N) is 1. The van der Waals surface area contributed by atoms with Gasteiger partial charge in [0.2, 0.25) is 0 Å². The number of anilines is 2. The fourth-order valence-corrected chi connectivity index (χ4v) is 3.35. The molecule has 0 radical (unpaired) electrons. The Morgan fingerprint density at radius 3 is 2.67 bits per heavy atom. The summed E-state index contributed by atoms with van der Waals surface area (Å²) in [6.07, 6.45) is 1.58. The summed E-state index contributed by atoms with van der Waals surface area (Å²) in [6, 6.07) is 13.6. The van der Waals surface area contributed by atoms with Crippen LogP contribution in [0, 0.1) is 6.92 Å². The molecule has 1 atom stereocenters. The van der Waals surface area contributed by atoms with Crippen LogP contribution in [0.4, 0.5) is 11.4 Å². The molecule has 0 bridgehead atoms. The topological polar surface area (TPSA) is 49.4 Å². The largest absolute Gasteiger partial charge is 0.317 e. The minimum absolute atomic E-state index is 0.0110. The first-order valence-electron chi connectivity index (χ1n) is 8.33. The minimum atomic E-state index is -0.581. The molecule has 0 aliphatic carbocycles. The fourth-order valence-electron chi connectivity index (χ4n) is 3.35. The van der Waals surface area contributed by atoms with Gasteiger partial charge in [-0.05, 0) is 49.4 Å². The fraction of sp³-hybridized carbons (Fsp3) is 0.300. The Morgan fingerprint density at radius 2 is 1.92 bits per heavy atom. The number of fused-ring (bicyclic) bond motifs is 1. The van der Waals surface area contributed by atoms with Crippen molar-refractivity contribution in [3.63, 3.8) is 0 Å². The molecular weight excluding hydrogens is 300 g/mol. The zero-order valence-electron chi connectivity index (χ0n) is 14.3. The third kappa shape index (κ3) is 2.80. The predicted molar refractivity (Wildman–Crippen MR) is 96.3 cm³/mol. The first kappa shape index (κ1) is 16.2. The number of aryl methyl sites for hydroxylation is 2. The molecule has 24 heavy (non-hydrogen) atoms. The van der Waals surface area contributed by atoms with Gasteiger partial charge in [-0.25, -0.2) is 0 Å². The smallest absolute Gasteiger partial charge is 0.316 e. The van der Waals surface area contributed by atoms with Gasteiger partial charge in [0.25, 0.3) is 0 Å². The summed E-state index contributed by atoms with van der Waals surface area (Å²) in [5, 5.41) is 2.83. The van der Waals surface area contributed by atoms with Crippen LogP contribution in [0.25, 0.3) is 0 Å². The monoisotopic (exact) mass is 322 g/mol. The molecule has 1 aliphatic heterocycles. The van der Waals surface area contributed by atoms with Crippen LogP contribution in [-0.4, -0.2) is 17.9 Å². The van der Waals surface area contributed by atoms with Crippen molar-refractivity contribution in [1.29, 1.82) is 0 Å². The molecule has 0 spiro atoms. The van der Waals surface area contributed by atoms with Crippen molar-refractivity contribution in [1.82, 2.24) is 0 Å². The third-order valence-corrected chi connectivity index (χ3v) is 4.60. The lowest BCUT2D eigenvalue weighted by molar-refractivity contribution is -0.134. The van der Waals surface area contributed by atoms with Crippen molar-refractivity contribution in [3.05, 3.63) is 59.2 Å². The number of benzene rings is 2. The average molecular weight is 322 g/mol. The average Bonchev–Trinajstić information content (AvgIpc) is 2.91. The second-order valence-corrected chi connectivity index (χ2v) is 6.27. The first-order valence-corrected chi connectivity index (χ1v) is 8.33. The molecule has 1 unspecified atom stereocenters. The molecule has 0 aromatic heterocycles. The standard InChI is InChI=1S/C20H22N2O2/c1-4-15-10-7-8-13(2)18(15)21-19(23)20(24)22-14(3)12-16-9-5-6-11-17(16)22/h5-11,14H,4,12H2,1-3H3,(H,21,23). The molecule has 3 rings (SSSR count). The van der Waals surface area contributed by atoms with E-state index in [9.17, 15) is 9.59 Å². The Labute approximate surface area is 142 Å². The van der Waals surface area contributed by atoms with E-state index in [0.29, 0.717) is 0 Å². The van der Waals surface area contributed by atoms with Gasteiger partial charge in [-0.15, -0.1) is 0 Å². The second-order valence-electron chi connectivity index (χ2n) is 6.27. The van der Waals surface area contributed by atoms with E-state index >= 15 is 0 Å². The number of amides is 2. The van der Waals surface area contributed by atoms with Gasteiger partial charge < -0.3 is 10.2 Å². The highest BCUT2D eigenvalue weighted by Gasteiger charge is 2.34. The normalized spacial score (nSPS) is 16.0. The van der Waals surface area contributed by atoms with E-state index in [4.69, 9.17) is 0 Å². The molecule has 0 fully saturated rings. The third-order valence-electron chi connectivity index (χ3n) is 4.60. The molecule has 2 aromatic rings. The Morgan fingerprint density at radius 1 is 1.17 bits per heavy atom. The van der Waals surface area contributed by atoms with Crippen LogP contribution in [0.1, 0.15) is 30.5 Å². The predicted octanol–water partition coefficient (Wildman–Crippen LogP) is 3.47. The van der Waals surface area contributed by atoms with Gasteiger partial charge in [-0.3, -0.25) is 9.59 Å². The SMILES string of the molecule is CCc1cccc(C)c1NC(=O)C(=O)N1c2ccccc2CC1C. The zero-order valence-corrected chi connectivity index (χ0v) is 14.3. The van der Waals surface area contributed by atoms with E-state index in [2.05, 4.69) is 5.32 Å². The van der Waals surface area contributed by atoms with Crippen molar-refractivity contribution >= 4 is 23.2 Å². The van der Waals surface area contributed by atoms with Crippen LogP contribution in [0.2, 0.25) is 0 Å². The number of hydrogen-bond donors (Lipinski definition) is 1. The molecule has 124 valence electrons. The molecule has 0 saturated carbocycles. The lowest BCUT2D eigenvalue weighted by atomic mass is 10.1. The quantitative estimate of drug-likeness (QED) is 0.861. The van der Waals surface area contributed by atoms with Crippen LogP contribution < -0.4 is 10.2 Å². The lowest BCUT2D eigenvalue weighted by Gasteiger charge is -2.22. The molecule has 1 aliphatic rings. The number of carbonyl (C=O) groups excluding carboxylic acids is 2. The van der Waals surface area contributed by atoms with E-state index < -0.39 is 11.8 Å². The van der Waals surface area contributed by atoms with Crippen LogP contribution in [0.5, 0.6) is 0 Å². The van der Waals surface area contributed by atoms with E-state index in [1.807, 2.05) is 63.2 Å². The van der Waals surface area contributed by atoms with Gasteiger partial charge in [0.15, 0.2) is 0 Å². The Bertz CT molecular complexity index is 798. The zero-order chi connectivity index (χ0) is 17.3. The Kier molecular flexibility index (Phi) is 4.38. The highest BCUT2D eigenvalue weighted by atomic mass is 16.2. The number of para-hydroxylation sites is 2. The lowest BCUT2D eigenvalue weighted by Crippen LogP contribution is -2.43. The molecule has 4 nitrogen and oxygen atoms in total. The van der Waals surface area contributed by atoms with E-state index in [1.54, 1.807) is 4.90 Å². The maximum Gasteiger partial charge on any atom is 0.316 e. The molecular formula is C20H22N2O2. The van der Waals surface area contributed by atoms with Gasteiger partial charge in [-0.2, -0.15) is 0 Å². The second kappa shape index (κ2) is 6.48. The summed E-state index contributed by atoms with van der Waals surface area (Å²) < 4.78 is 0. The number of rotatable bonds is 2. The van der Waals surface area contributed by atoms with Gasteiger partial charge in [-0.1, -0.05) is 43.3 Å². The highest BCUT2D eigenvalue weighted by Crippen LogP contribution is 2.32. The van der Waals surface area contributed by atoms with Crippen molar-refractivity contribution < 1.29 is 9.59 Å². The summed E-state index contributed by atoms with van der Waals surface area (Å²) in [5.41, 5.74) is 4.69. The maximum atomic E-state index is 12.7. The van der Waals surface area contributed by atoms with Crippen LogP contribution in [0.3, 0.4) is 0 Å². The molecule has 0 saturated heterocycles. The summed E-state index contributed by atoms with van der Waals surface area (Å²) in [5.74, 6) is -1.08. The van der Waals surface area contributed by atoms with Crippen LogP contribution in [-0.2, 0) is 22.4 Å². The molecule has 4 heteroatoms. The van der Waals surface area contributed by atoms with E-state index in [-0.39, 0.29) is 6.04 Å². The van der Waals surface area contributed by atoms with Crippen LogP contribution in [0.15, 0.2) is 42.5 Å². The highest BCUT2D eigenvalue weighted by molar-refractivity contribution is 6.44. The number of hydrogen-bond acceptors (Lipinski definition) is 2. The van der Waals surface area contributed by atoms with E-state index in [0.717, 1.165) is 40.9 Å². The summed E-state index contributed by atoms with van der Waals surface area (Å²) in [7, 11) is 0. The van der Waals surface area contributed by atoms with Crippen molar-refractivity contribution in [2.75, 3.05) is 10.2 Å². The van der Waals surface area contributed by atoms with Gasteiger partial charge in [0.1, 0.15) is 0 Å². The maximum absolute atomic E-state index is 12.7. The van der Waals surface area contributed by atoms with Crippen molar-refractivity contribution in [3.8, 4) is 0 Å². The van der Waals surface area contributed by atoms with Gasteiger partial charge >= 0.3 is 11.8 Å². The summed E-state index contributed by atoms with van der Waals surface area (Å²) >= 11 is 0. The summed E-state index contributed by atoms with van der Waals surface area (Å²) in [4.78, 5) is 26.9. The van der Waals surface area contributed by atoms with Crippen LogP contribution >= 0.6 is 0 Å². The van der Waals surface area contributed by atoms with Crippen molar-refractivity contribution in [2.24, 2.45) is 0 Å². The summed E-state index contributed by atoms with van der Waals surface area (Å²) in [6.45, 7) is 5.94. The van der Waals surface area contributed by atoms with Gasteiger partial charge in [0.05, 0.1) is 0 Å². The molecule has 1 N–H and O–H groups in total. The number of carbonyl (C=O) groups is 2. The van der Waals surface area contributed by atoms with E-state index in [1.165, 1.54) is 0 Å². The number of nitrogens with one attached hydrogen (secondary N) is 1. The molecule has 1 heterocycles. The Balaban J connectivity index is 1.85. The molecule has 2 aromatic carbocycles. The van der Waals surface area contributed by atoms with Gasteiger partial charge in [0, 0.05) is 17.4 Å². The Hall–Kier alpha value is -2.62. The molecule has 2 amide bonds. The first-order chi connectivity index (χ1) is 11.5.